The van der Waals surface area contributed by atoms with E-state index in [0.717, 1.165) is 12.8 Å². The molecule has 14 heavy (non-hydrogen) atoms. The molecule has 1 fully saturated rings. The Hall–Kier alpha value is -1.09. The summed E-state index contributed by atoms with van der Waals surface area (Å²) in [5, 5.41) is 0. The van der Waals surface area contributed by atoms with Gasteiger partial charge in [-0.05, 0) is 31.7 Å². The zero-order valence-corrected chi connectivity index (χ0v) is 8.26. The van der Waals surface area contributed by atoms with E-state index in [-0.39, 0.29) is 11.9 Å². The summed E-state index contributed by atoms with van der Waals surface area (Å²) >= 11 is 0. The normalized spacial score (nSPS) is 18.2. The Morgan fingerprint density at radius 3 is 2.64 bits per heavy atom. The predicted molar refractivity (Wildman–Crippen MR) is 55.2 cm³/mol. The summed E-state index contributed by atoms with van der Waals surface area (Å²) in [4.78, 5) is 0. The molecular weight excluding hydrogens is 179 g/mol. The van der Waals surface area contributed by atoms with Crippen molar-refractivity contribution >= 4 is 5.69 Å². The van der Waals surface area contributed by atoms with Gasteiger partial charge < -0.3 is 11.5 Å². The fourth-order valence-electron chi connectivity index (χ4n) is 1.69. The summed E-state index contributed by atoms with van der Waals surface area (Å²) in [6.45, 7) is 1.69. The lowest BCUT2D eigenvalue weighted by Gasteiger charge is -2.14. The fraction of sp³-hybridized carbons (Fsp3) is 0.455. The molecule has 0 saturated heterocycles. The quantitative estimate of drug-likeness (QED) is 0.708. The average Bonchev–Trinajstić information content (AvgIpc) is 2.97. The second kappa shape index (κ2) is 3.24. The molecule has 0 spiro atoms. The molecule has 0 unspecified atom stereocenters. The molecule has 0 bridgehead atoms. The van der Waals surface area contributed by atoms with E-state index in [1.165, 1.54) is 0 Å². The topological polar surface area (TPSA) is 52.0 Å². The van der Waals surface area contributed by atoms with Crippen LogP contribution in [0.5, 0.6) is 0 Å². The number of rotatable bonds is 2. The molecule has 1 saturated carbocycles. The molecule has 0 heterocycles. The van der Waals surface area contributed by atoms with Crippen molar-refractivity contribution in [3.8, 4) is 0 Å². The third-order valence-corrected chi connectivity index (χ3v) is 2.95. The van der Waals surface area contributed by atoms with Crippen molar-refractivity contribution in [3.63, 3.8) is 0 Å². The molecule has 0 radical (unpaired) electrons. The van der Waals surface area contributed by atoms with Crippen molar-refractivity contribution in [2.24, 2.45) is 11.7 Å². The van der Waals surface area contributed by atoms with Crippen LogP contribution in [0.1, 0.15) is 30.0 Å². The van der Waals surface area contributed by atoms with Crippen LogP contribution in [0.2, 0.25) is 0 Å². The molecule has 0 aliphatic heterocycles. The van der Waals surface area contributed by atoms with Gasteiger partial charge in [0.2, 0.25) is 0 Å². The minimum absolute atomic E-state index is 0.158. The Labute approximate surface area is 83.1 Å². The number of nitrogens with two attached hydrogens (primary N) is 2. The van der Waals surface area contributed by atoms with E-state index in [9.17, 15) is 4.39 Å². The smallest absolute Gasteiger partial charge is 0.132 e. The van der Waals surface area contributed by atoms with Gasteiger partial charge in [-0.2, -0.15) is 0 Å². The average molecular weight is 194 g/mol. The molecule has 0 aromatic heterocycles. The first-order valence-electron chi connectivity index (χ1n) is 4.91. The maximum atomic E-state index is 13.7. The minimum atomic E-state index is -0.232. The highest BCUT2D eigenvalue weighted by Crippen LogP contribution is 2.40. The van der Waals surface area contributed by atoms with Crippen LogP contribution in [-0.4, -0.2) is 0 Å². The third kappa shape index (κ3) is 1.48. The van der Waals surface area contributed by atoms with E-state index >= 15 is 0 Å². The van der Waals surface area contributed by atoms with Crippen molar-refractivity contribution in [2.75, 3.05) is 5.73 Å². The summed E-state index contributed by atoms with van der Waals surface area (Å²) in [5.41, 5.74) is 13.2. The molecule has 1 aliphatic rings. The zero-order chi connectivity index (χ0) is 10.3. The Bertz CT molecular complexity index is 359. The first kappa shape index (κ1) is 9.46. The Morgan fingerprint density at radius 1 is 1.43 bits per heavy atom. The van der Waals surface area contributed by atoms with Gasteiger partial charge in [0.25, 0.3) is 0 Å². The van der Waals surface area contributed by atoms with Gasteiger partial charge in [0, 0.05) is 22.9 Å². The van der Waals surface area contributed by atoms with Crippen LogP contribution >= 0.6 is 0 Å². The lowest BCUT2D eigenvalue weighted by Crippen LogP contribution is -2.15. The fourth-order valence-corrected chi connectivity index (χ4v) is 1.69. The second-order valence-corrected chi connectivity index (χ2v) is 4.05. The van der Waals surface area contributed by atoms with Crippen molar-refractivity contribution in [2.45, 2.75) is 25.8 Å². The molecule has 1 atom stereocenters. The van der Waals surface area contributed by atoms with Crippen molar-refractivity contribution in [1.29, 1.82) is 0 Å². The number of anilines is 1. The first-order chi connectivity index (χ1) is 6.61. The maximum Gasteiger partial charge on any atom is 0.132 e. The van der Waals surface area contributed by atoms with Crippen molar-refractivity contribution < 1.29 is 4.39 Å². The highest BCUT2D eigenvalue weighted by molar-refractivity contribution is 5.49. The van der Waals surface area contributed by atoms with Gasteiger partial charge in [-0.1, -0.05) is 6.07 Å². The molecule has 2 nitrogen and oxygen atoms in total. The van der Waals surface area contributed by atoms with E-state index in [0.29, 0.717) is 22.7 Å². The van der Waals surface area contributed by atoms with Gasteiger partial charge in [0.15, 0.2) is 0 Å². The molecule has 2 rings (SSSR count). The van der Waals surface area contributed by atoms with Crippen LogP contribution in [0.3, 0.4) is 0 Å². The van der Waals surface area contributed by atoms with E-state index in [2.05, 4.69) is 0 Å². The SMILES string of the molecule is Cc1c(N)ccc([C@H](N)C2CC2)c1F. The first-order valence-corrected chi connectivity index (χ1v) is 4.91. The third-order valence-electron chi connectivity index (χ3n) is 2.95. The van der Waals surface area contributed by atoms with Crippen molar-refractivity contribution in [3.05, 3.63) is 29.1 Å². The van der Waals surface area contributed by atoms with Crippen molar-refractivity contribution in [1.82, 2.24) is 0 Å². The molecule has 4 N–H and O–H groups in total. The highest BCUT2D eigenvalue weighted by atomic mass is 19.1. The van der Waals surface area contributed by atoms with Gasteiger partial charge in [-0.15, -0.1) is 0 Å². The van der Waals surface area contributed by atoms with Crippen LogP contribution in [0.25, 0.3) is 0 Å². The highest BCUT2D eigenvalue weighted by Gasteiger charge is 2.31. The summed E-state index contributed by atoms with van der Waals surface area (Å²) in [5.74, 6) is 0.233. The van der Waals surface area contributed by atoms with Crippen LogP contribution in [0.15, 0.2) is 12.1 Å². The molecule has 1 aromatic rings. The standard InChI is InChI=1S/C11H15FN2/c1-6-9(13)5-4-8(10(6)12)11(14)7-2-3-7/h4-5,7,11H,2-3,13-14H2,1H3/t11-/m1/s1. The predicted octanol–water partition coefficient (Wildman–Crippen LogP) is 2.13. The van der Waals surface area contributed by atoms with Gasteiger partial charge in [-0.3, -0.25) is 0 Å². The monoisotopic (exact) mass is 194 g/mol. The number of benzene rings is 1. The number of hydrogen-bond acceptors (Lipinski definition) is 2. The van der Waals surface area contributed by atoms with E-state index < -0.39 is 0 Å². The van der Waals surface area contributed by atoms with Crippen LogP contribution in [0, 0.1) is 18.7 Å². The molecule has 1 aliphatic carbocycles. The Balaban J connectivity index is 2.38. The van der Waals surface area contributed by atoms with E-state index in [4.69, 9.17) is 11.5 Å². The van der Waals surface area contributed by atoms with Crippen LogP contribution < -0.4 is 11.5 Å². The molecule has 3 heteroatoms. The van der Waals surface area contributed by atoms with Crippen LogP contribution in [-0.2, 0) is 0 Å². The number of halogens is 1. The zero-order valence-electron chi connectivity index (χ0n) is 8.26. The van der Waals surface area contributed by atoms with E-state index in [1.54, 1.807) is 19.1 Å². The van der Waals surface area contributed by atoms with Gasteiger partial charge in [0.05, 0.1) is 0 Å². The molecule has 76 valence electrons. The minimum Gasteiger partial charge on any atom is -0.398 e. The summed E-state index contributed by atoms with van der Waals surface area (Å²) in [7, 11) is 0. The molecule has 0 amide bonds. The van der Waals surface area contributed by atoms with Crippen LogP contribution in [0.4, 0.5) is 10.1 Å². The van der Waals surface area contributed by atoms with Gasteiger partial charge >= 0.3 is 0 Å². The summed E-state index contributed by atoms with van der Waals surface area (Å²) in [6, 6.07) is 3.28. The number of nitrogen functional groups attached to an aromatic ring is 1. The Kier molecular flexibility index (Phi) is 2.19. The summed E-state index contributed by atoms with van der Waals surface area (Å²) < 4.78 is 13.7. The molecule has 1 aromatic carbocycles. The Morgan fingerprint density at radius 2 is 2.07 bits per heavy atom. The van der Waals surface area contributed by atoms with Gasteiger partial charge in [-0.25, -0.2) is 4.39 Å². The second-order valence-electron chi connectivity index (χ2n) is 4.05. The van der Waals surface area contributed by atoms with E-state index in [1.807, 2.05) is 0 Å². The molecular formula is C11H15FN2. The lowest BCUT2D eigenvalue weighted by atomic mass is 9.99. The summed E-state index contributed by atoms with van der Waals surface area (Å²) in [6.07, 6.45) is 2.23. The number of hydrogen-bond donors (Lipinski definition) is 2. The van der Waals surface area contributed by atoms with Gasteiger partial charge in [0.1, 0.15) is 5.82 Å². The largest absolute Gasteiger partial charge is 0.398 e. The lowest BCUT2D eigenvalue weighted by molar-refractivity contribution is 0.549. The maximum absolute atomic E-state index is 13.7.